The van der Waals surface area contributed by atoms with Gasteiger partial charge in [-0.2, -0.15) is 26.3 Å². The lowest BCUT2D eigenvalue weighted by Crippen LogP contribution is -2.54. The van der Waals surface area contributed by atoms with E-state index in [0.717, 1.165) is 24.8 Å². The number of hydrogen-bond acceptors (Lipinski definition) is 4. The molecule has 39 heavy (non-hydrogen) atoms. The van der Waals surface area contributed by atoms with E-state index >= 15 is 0 Å². The average molecular weight is 559 g/mol. The number of rotatable bonds is 6. The van der Waals surface area contributed by atoms with Gasteiger partial charge in [-0.15, -0.1) is 0 Å². The molecular formula is C28H32F6N2O3. The van der Waals surface area contributed by atoms with Crippen molar-refractivity contribution in [1.29, 1.82) is 0 Å². The minimum atomic E-state index is -4.94. The van der Waals surface area contributed by atoms with E-state index in [4.69, 9.17) is 9.47 Å². The minimum absolute atomic E-state index is 0.0113. The number of nitrogens with one attached hydrogen (secondary N) is 1. The van der Waals surface area contributed by atoms with Crippen molar-refractivity contribution in [3.8, 4) is 0 Å². The summed E-state index contributed by atoms with van der Waals surface area (Å²) in [6.07, 6.45) is -7.66. The van der Waals surface area contributed by atoms with Gasteiger partial charge in [-0.05, 0) is 68.4 Å². The molecule has 0 bridgehead atoms. The van der Waals surface area contributed by atoms with Gasteiger partial charge in [0.1, 0.15) is 6.10 Å². The van der Waals surface area contributed by atoms with Gasteiger partial charge in [-0.25, -0.2) is 4.79 Å². The van der Waals surface area contributed by atoms with Gasteiger partial charge in [0.05, 0.1) is 29.4 Å². The Morgan fingerprint density at radius 3 is 2.15 bits per heavy atom. The van der Waals surface area contributed by atoms with E-state index in [2.05, 4.69) is 5.32 Å². The Bertz CT molecular complexity index is 1080. The van der Waals surface area contributed by atoms with Crippen molar-refractivity contribution >= 4 is 6.09 Å². The van der Waals surface area contributed by atoms with Crippen molar-refractivity contribution in [1.82, 2.24) is 10.2 Å². The highest BCUT2D eigenvalue weighted by Gasteiger charge is 2.40. The molecule has 3 atom stereocenters. The van der Waals surface area contributed by atoms with Gasteiger partial charge in [0.25, 0.3) is 0 Å². The third-order valence-electron chi connectivity index (χ3n) is 7.43. The van der Waals surface area contributed by atoms with Crippen LogP contribution in [0.1, 0.15) is 67.4 Å². The van der Waals surface area contributed by atoms with Crippen molar-refractivity contribution in [3.05, 3.63) is 70.8 Å². The quantitative estimate of drug-likeness (QED) is 0.386. The summed E-state index contributed by atoms with van der Waals surface area (Å²) in [6, 6.07) is 10.8. The lowest BCUT2D eigenvalue weighted by Gasteiger charge is -2.42. The summed E-state index contributed by atoms with van der Waals surface area (Å²) in [7, 11) is 0. The summed E-state index contributed by atoms with van der Waals surface area (Å²) in [5, 5.41) is 3.40. The van der Waals surface area contributed by atoms with Gasteiger partial charge in [-0.3, -0.25) is 0 Å². The number of hydrogen-bond donors (Lipinski definition) is 1. The highest BCUT2D eigenvalue weighted by Crippen LogP contribution is 2.39. The SMILES string of the molecule is CC(OC[C@@]1(c2ccccc2)CCC(OC(=O)N2CCCCC2)CN1)c1cc(C(F)(F)F)cc(C(F)(F)F)c1. The van der Waals surface area contributed by atoms with E-state index < -0.39 is 35.1 Å². The predicted octanol–water partition coefficient (Wildman–Crippen LogP) is 7.07. The summed E-state index contributed by atoms with van der Waals surface area (Å²) < 4.78 is 91.8. The maximum Gasteiger partial charge on any atom is 0.416 e. The number of alkyl halides is 6. The van der Waals surface area contributed by atoms with Crippen LogP contribution in [0.15, 0.2) is 48.5 Å². The number of benzene rings is 2. The molecule has 0 aliphatic carbocycles. The first kappa shape index (κ1) is 29.2. The molecular weight excluding hydrogens is 526 g/mol. The zero-order valence-electron chi connectivity index (χ0n) is 21.6. The van der Waals surface area contributed by atoms with E-state index in [9.17, 15) is 31.1 Å². The Labute approximate surface area is 223 Å². The molecule has 2 fully saturated rings. The molecule has 2 aliphatic heterocycles. The fraction of sp³-hybridized carbons (Fsp3) is 0.536. The first-order valence-electron chi connectivity index (χ1n) is 13.0. The van der Waals surface area contributed by atoms with Crippen molar-refractivity contribution in [2.45, 2.75) is 69.1 Å². The van der Waals surface area contributed by atoms with Gasteiger partial charge in [-0.1, -0.05) is 30.3 Å². The fourth-order valence-electron chi connectivity index (χ4n) is 5.09. The van der Waals surface area contributed by atoms with Gasteiger partial charge in [0.15, 0.2) is 0 Å². The Hall–Kier alpha value is -2.79. The Balaban J connectivity index is 1.48. The summed E-state index contributed by atoms with van der Waals surface area (Å²) in [4.78, 5) is 14.3. The lowest BCUT2D eigenvalue weighted by atomic mass is 9.82. The molecule has 2 heterocycles. The first-order chi connectivity index (χ1) is 18.4. The van der Waals surface area contributed by atoms with E-state index in [1.807, 2.05) is 30.3 Å². The largest absolute Gasteiger partial charge is 0.445 e. The second-order valence-electron chi connectivity index (χ2n) is 10.2. The van der Waals surface area contributed by atoms with Crippen LogP contribution in [0, 0.1) is 0 Å². The van der Waals surface area contributed by atoms with Crippen molar-refractivity contribution < 1.29 is 40.6 Å². The average Bonchev–Trinajstić information content (AvgIpc) is 2.92. The molecule has 2 aliphatic rings. The molecule has 1 N–H and O–H groups in total. The zero-order valence-corrected chi connectivity index (χ0v) is 21.6. The van der Waals surface area contributed by atoms with E-state index in [1.165, 1.54) is 6.92 Å². The number of amides is 1. The van der Waals surface area contributed by atoms with Crippen LogP contribution in [0.4, 0.5) is 31.1 Å². The molecule has 2 aromatic rings. The van der Waals surface area contributed by atoms with Gasteiger partial charge in [0, 0.05) is 19.6 Å². The van der Waals surface area contributed by atoms with Gasteiger partial charge < -0.3 is 19.7 Å². The van der Waals surface area contributed by atoms with Crippen LogP contribution in [0.25, 0.3) is 0 Å². The van der Waals surface area contributed by atoms with Crippen LogP contribution in [0.5, 0.6) is 0 Å². The van der Waals surface area contributed by atoms with Crippen LogP contribution in [-0.2, 0) is 27.4 Å². The van der Waals surface area contributed by atoms with Crippen LogP contribution >= 0.6 is 0 Å². The van der Waals surface area contributed by atoms with Crippen LogP contribution in [-0.4, -0.2) is 43.3 Å². The molecule has 214 valence electrons. The Morgan fingerprint density at radius 2 is 1.62 bits per heavy atom. The molecule has 1 amide bonds. The Kier molecular flexibility index (Phi) is 8.80. The van der Waals surface area contributed by atoms with E-state index in [1.54, 1.807) is 4.90 Å². The summed E-state index contributed by atoms with van der Waals surface area (Å²) in [6.45, 7) is 3.09. The maximum absolute atomic E-state index is 13.3. The monoisotopic (exact) mass is 558 g/mol. The number of ether oxygens (including phenoxy) is 2. The summed E-state index contributed by atoms with van der Waals surface area (Å²) in [5.41, 5.74) is -2.88. The number of carbonyl (C=O) groups is 1. The molecule has 0 spiro atoms. The smallest absolute Gasteiger partial charge is 0.416 e. The second-order valence-corrected chi connectivity index (χ2v) is 10.2. The molecule has 4 rings (SSSR count). The minimum Gasteiger partial charge on any atom is -0.445 e. The number of halogens is 6. The standard InChI is InChI=1S/C28H32F6N2O3/c1-19(20-14-22(27(29,30)31)16-23(15-20)28(32,33)34)38-18-26(21-8-4-2-5-9-21)11-10-24(17-35-26)39-25(37)36-12-6-3-7-13-36/h2,4-5,8-9,14-16,19,24,35H,3,6-7,10-13,17-18H2,1H3/t19?,24?,26-/m1/s1. The molecule has 5 nitrogen and oxygen atoms in total. The number of carbonyl (C=O) groups excluding carboxylic acids is 1. The fourth-order valence-corrected chi connectivity index (χ4v) is 5.09. The highest BCUT2D eigenvalue weighted by molar-refractivity contribution is 5.68. The van der Waals surface area contributed by atoms with Crippen molar-refractivity contribution in [2.24, 2.45) is 0 Å². The third-order valence-corrected chi connectivity index (χ3v) is 7.43. The number of nitrogens with zero attached hydrogens (tertiary/aromatic N) is 1. The topological polar surface area (TPSA) is 50.8 Å². The number of likely N-dealkylation sites (tertiary alicyclic amines) is 1. The van der Waals surface area contributed by atoms with Crippen molar-refractivity contribution in [2.75, 3.05) is 26.2 Å². The molecule has 0 radical (unpaired) electrons. The Morgan fingerprint density at radius 1 is 1.00 bits per heavy atom. The van der Waals surface area contributed by atoms with Crippen LogP contribution < -0.4 is 5.32 Å². The van der Waals surface area contributed by atoms with E-state index in [0.29, 0.717) is 44.6 Å². The predicted molar refractivity (Wildman–Crippen MR) is 132 cm³/mol. The molecule has 0 saturated carbocycles. The lowest BCUT2D eigenvalue weighted by molar-refractivity contribution is -0.143. The summed E-state index contributed by atoms with van der Waals surface area (Å²) >= 11 is 0. The normalized spacial score (nSPS) is 23.4. The first-order valence-corrected chi connectivity index (χ1v) is 13.0. The molecule has 11 heteroatoms. The van der Waals surface area contributed by atoms with Crippen LogP contribution in [0.2, 0.25) is 0 Å². The van der Waals surface area contributed by atoms with Crippen LogP contribution in [0.3, 0.4) is 0 Å². The zero-order chi connectivity index (χ0) is 28.3. The molecule has 2 aromatic carbocycles. The van der Waals surface area contributed by atoms with Crippen molar-refractivity contribution in [3.63, 3.8) is 0 Å². The molecule has 2 saturated heterocycles. The molecule has 0 aromatic heterocycles. The maximum atomic E-state index is 13.3. The molecule has 2 unspecified atom stereocenters. The number of piperidine rings is 2. The highest BCUT2D eigenvalue weighted by atomic mass is 19.4. The third kappa shape index (κ3) is 7.25. The van der Waals surface area contributed by atoms with E-state index in [-0.39, 0.29) is 30.4 Å². The second kappa shape index (κ2) is 11.8. The van der Waals surface area contributed by atoms with Gasteiger partial charge >= 0.3 is 18.4 Å². The van der Waals surface area contributed by atoms with Gasteiger partial charge in [0.2, 0.25) is 0 Å². The summed E-state index contributed by atoms with van der Waals surface area (Å²) in [5.74, 6) is 0.